The molecule has 1 aliphatic carbocycles. The van der Waals surface area contributed by atoms with Crippen molar-refractivity contribution in [3.05, 3.63) is 75.6 Å². The number of rotatable bonds is 6. The highest BCUT2D eigenvalue weighted by atomic mass is 35.5. The first-order valence-corrected chi connectivity index (χ1v) is 11.6. The Kier molecular flexibility index (Phi) is 6.75. The lowest BCUT2D eigenvalue weighted by molar-refractivity contribution is 0.0932. The lowest BCUT2D eigenvalue weighted by Crippen LogP contribution is -2.29. The Bertz CT molecular complexity index is 1200. The topological polar surface area (TPSA) is 74.8 Å². The molecule has 5 nitrogen and oxygen atoms in total. The van der Waals surface area contributed by atoms with Gasteiger partial charge in [-0.05, 0) is 86.6 Å². The first-order chi connectivity index (χ1) is 15.5. The number of nitrogens with one attached hydrogen (secondary N) is 2. The minimum atomic E-state index is -0.258. The normalized spacial score (nSPS) is 15.2. The molecule has 0 bridgehead atoms. The van der Waals surface area contributed by atoms with Crippen molar-refractivity contribution in [2.75, 3.05) is 0 Å². The summed E-state index contributed by atoms with van der Waals surface area (Å²) in [5.74, 6) is 0.594. The Morgan fingerprint density at radius 1 is 1.16 bits per heavy atom. The van der Waals surface area contributed by atoms with Crippen LogP contribution in [0.25, 0.3) is 11.0 Å². The van der Waals surface area contributed by atoms with Crippen LogP contribution >= 0.6 is 11.6 Å². The lowest BCUT2D eigenvalue weighted by atomic mass is 9.94. The number of Topliss-reactive ketones (excluding diaryl/α,β-unsaturated/α-hetero) is 1. The van der Waals surface area contributed by atoms with Gasteiger partial charge in [0.1, 0.15) is 5.82 Å². The Labute approximate surface area is 193 Å². The second-order valence-electron chi connectivity index (χ2n) is 8.41. The standard InChI is InChI=1S/C26H28ClN3O2/c1-3-21(25-28-22-13-11-19(27)15-23(22)29-25)30-26(32)18-10-12-20(16(2)14-18)24(31)17-8-6-4-5-7-9-17/h8,10-15,21H,3-7,9H2,1-2H3,(H,28,29)(H,30,32)/t21-/m0/s1. The van der Waals surface area contributed by atoms with Gasteiger partial charge in [-0.25, -0.2) is 4.98 Å². The third kappa shape index (κ3) is 4.78. The first-order valence-electron chi connectivity index (χ1n) is 11.3. The van der Waals surface area contributed by atoms with E-state index in [9.17, 15) is 9.59 Å². The van der Waals surface area contributed by atoms with Gasteiger partial charge in [0.05, 0.1) is 17.1 Å². The number of carbonyl (C=O) groups is 2. The highest BCUT2D eigenvalue weighted by molar-refractivity contribution is 6.31. The molecule has 4 rings (SSSR count). The van der Waals surface area contributed by atoms with Gasteiger partial charge in [0, 0.05) is 16.1 Å². The summed E-state index contributed by atoms with van der Waals surface area (Å²) >= 11 is 6.07. The van der Waals surface area contributed by atoms with Crippen molar-refractivity contribution >= 4 is 34.3 Å². The average molecular weight is 450 g/mol. The molecule has 1 aliphatic rings. The fourth-order valence-electron chi connectivity index (χ4n) is 4.23. The Balaban J connectivity index is 1.51. The molecule has 32 heavy (non-hydrogen) atoms. The maximum Gasteiger partial charge on any atom is 0.251 e. The molecule has 0 aliphatic heterocycles. The van der Waals surface area contributed by atoms with E-state index in [0.29, 0.717) is 28.4 Å². The van der Waals surface area contributed by atoms with E-state index in [-0.39, 0.29) is 17.7 Å². The number of amides is 1. The molecule has 1 amide bonds. The predicted molar refractivity (Wildman–Crippen MR) is 128 cm³/mol. The third-order valence-electron chi connectivity index (χ3n) is 6.07. The number of fused-ring (bicyclic) bond motifs is 1. The number of aryl methyl sites for hydroxylation is 1. The van der Waals surface area contributed by atoms with E-state index >= 15 is 0 Å². The molecule has 0 saturated carbocycles. The van der Waals surface area contributed by atoms with Crippen molar-refractivity contribution in [3.8, 4) is 0 Å². The van der Waals surface area contributed by atoms with Gasteiger partial charge in [0.15, 0.2) is 5.78 Å². The van der Waals surface area contributed by atoms with Crippen LogP contribution in [0.4, 0.5) is 0 Å². The minimum Gasteiger partial charge on any atom is -0.342 e. The Morgan fingerprint density at radius 2 is 2.00 bits per heavy atom. The molecule has 1 atom stereocenters. The van der Waals surface area contributed by atoms with Crippen LogP contribution in [0.5, 0.6) is 0 Å². The summed E-state index contributed by atoms with van der Waals surface area (Å²) in [6, 6.07) is 10.5. The van der Waals surface area contributed by atoms with Crippen LogP contribution < -0.4 is 5.32 Å². The van der Waals surface area contributed by atoms with E-state index in [1.54, 1.807) is 24.3 Å². The SMILES string of the molecule is CC[C@H](NC(=O)c1ccc(C(=O)C2=CCCCCC2)c(C)c1)c1nc2ccc(Cl)cc2[nH]1. The Morgan fingerprint density at radius 3 is 2.78 bits per heavy atom. The molecule has 0 fully saturated rings. The molecule has 6 heteroatoms. The monoisotopic (exact) mass is 449 g/mol. The van der Waals surface area contributed by atoms with Gasteiger partial charge < -0.3 is 10.3 Å². The van der Waals surface area contributed by atoms with Gasteiger partial charge in [0.2, 0.25) is 0 Å². The summed E-state index contributed by atoms with van der Waals surface area (Å²) in [5, 5.41) is 3.69. The number of aromatic amines is 1. The summed E-state index contributed by atoms with van der Waals surface area (Å²) in [6.45, 7) is 3.89. The van der Waals surface area contributed by atoms with Crippen LogP contribution in [0.2, 0.25) is 5.02 Å². The number of carbonyl (C=O) groups excluding carboxylic acids is 2. The number of ketones is 1. The smallest absolute Gasteiger partial charge is 0.251 e. The van der Waals surface area contributed by atoms with Crippen LogP contribution in [0.1, 0.15) is 83.6 Å². The van der Waals surface area contributed by atoms with E-state index in [4.69, 9.17) is 11.6 Å². The van der Waals surface area contributed by atoms with Crippen LogP contribution in [0, 0.1) is 6.92 Å². The van der Waals surface area contributed by atoms with Crippen LogP contribution in [-0.4, -0.2) is 21.7 Å². The van der Waals surface area contributed by atoms with Gasteiger partial charge >= 0.3 is 0 Å². The van der Waals surface area contributed by atoms with Crippen molar-refractivity contribution < 1.29 is 9.59 Å². The molecular weight excluding hydrogens is 422 g/mol. The summed E-state index contributed by atoms with van der Waals surface area (Å²) in [4.78, 5) is 33.8. The molecule has 166 valence electrons. The van der Waals surface area contributed by atoms with Crippen LogP contribution in [0.3, 0.4) is 0 Å². The second kappa shape index (κ2) is 9.70. The molecule has 2 N–H and O–H groups in total. The minimum absolute atomic E-state index is 0.0868. The van der Waals surface area contributed by atoms with Gasteiger partial charge in [-0.15, -0.1) is 0 Å². The number of hydrogen-bond donors (Lipinski definition) is 2. The van der Waals surface area contributed by atoms with E-state index in [2.05, 4.69) is 21.4 Å². The summed E-state index contributed by atoms with van der Waals surface area (Å²) < 4.78 is 0. The van der Waals surface area contributed by atoms with Crippen LogP contribution in [0.15, 0.2) is 48.0 Å². The Hall–Kier alpha value is -2.92. The molecule has 0 unspecified atom stereocenters. The van der Waals surface area contributed by atoms with Crippen molar-refractivity contribution in [2.45, 2.75) is 58.4 Å². The van der Waals surface area contributed by atoms with Crippen molar-refractivity contribution in [1.29, 1.82) is 0 Å². The zero-order chi connectivity index (χ0) is 22.7. The molecular formula is C26H28ClN3O2. The van der Waals surface area contributed by atoms with E-state index < -0.39 is 0 Å². The van der Waals surface area contributed by atoms with E-state index in [0.717, 1.165) is 47.9 Å². The zero-order valence-electron chi connectivity index (χ0n) is 18.5. The van der Waals surface area contributed by atoms with Gasteiger partial charge in [-0.2, -0.15) is 0 Å². The summed E-state index contributed by atoms with van der Waals surface area (Å²) in [6.07, 6.45) is 7.94. The number of imidazole rings is 1. The molecule has 1 aromatic heterocycles. The number of benzene rings is 2. The fourth-order valence-corrected chi connectivity index (χ4v) is 4.40. The second-order valence-corrected chi connectivity index (χ2v) is 8.84. The number of hydrogen-bond acceptors (Lipinski definition) is 3. The molecule has 0 spiro atoms. The number of aromatic nitrogens is 2. The molecule has 3 aromatic rings. The fraction of sp³-hybridized carbons (Fsp3) is 0.346. The highest BCUT2D eigenvalue weighted by Gasteiger charge is 2.20. The van der Waals surface area contributed by atoms with Gasteiger partial charge in [0.25, 0.3) is 5.91 Å². The van der Waals surface area contributed by atoms with Crippen molar-refractivity contribution in [2.24, 2.45) is 0 Å². The zero-order valence-corrected chi connectivity index (χ0v) is 19.3. The lowest BCUT2D eigenvalue weighted by Gasteiger charge is -2.15. The largest absolute Gasteiger partial charge is 0.342 e. The third-order valence-corrected chi connectivity index (χ3v) is 6.31. The molecule has 2 aromatic carbocycles. The summed E-state index contributed by atoms with van der Waals surface area (Å²) in [7, 11) is 0. The quantitative estimate of drug-likeness (QED) is 0.423. The van der Waals surface area contributed by atoms with Gasteiger partial charge in [-0.3, -0.25) is 9.59 Å². The molecule has 0 radical (unpaired) electrons. The first kappa shape index (κ1) is 22.3. The predicted octanol–water partition coefficient (Wildman–Crippen LogP) is 6.48. The highest BCUT2D eigenvalue weighted by Crippen LogP contribution is 2.24. The number of nitrogens with zero attached hydrogens (tertiary/aromatic N) is 1. The van der Waals surface area contributed by atoms with Crippen molar-refractivity contribution in [1.82, 2.24) is 15.3 Å². The maximum atomic E-state index is 13.0. The molecule has 1 heterocycles. The van der Waals surface area contributed by atoms with Crippen molar-refractivity contribution in [3.63, 3.8) is 0 Å². The number of halogens is 1. The number of H-pyrrole nitrogens is 1. The van der Waals surface area contributed by atoms with E-state index in [1.807, 2.05) is 26.0 Å². The van der Waals surface area contributed by atoms with E-state index in [1.165, 1.54) is 6.42 Å². The molecule has 0 saturated heterocycles. The van der Waals surface area contributed by atoms with Crippen LogP contribution in [-0.2, 0) is 0 Å². The number of allylic oxidation sites excluding steroid dienone is 2. The maximum absolute atomic E-state index is 13.0. The van der Waals surface area contributed by atoms with Gasteiger partial charge in [-0.1, -0.05) is 31.0 Å². The summed E-state index contributed by atoms with van der Waals surface area (Å²) in [5.41, 5.74) is 4.58. The average Bonchev–Trinajstić information content (AvgIpc) is 3.01.